The molecule has 2 aromatic carbocycles. The third kappa shape index (κ3) is 2.36. The molecule has 4 aliphatic heterocycles. The second-order valence-electron chi connectivity index (χ2n) is 8.46. The number of nitrogens with one attached hydrogen (secondary N) is 1. The molecule has 0 bridgehead atoms. The highest BCUT2D eigenvalue weighted by Crippen LogP contribution is 2.61. The van der Waals surface area contributed by atoms with Crippen molar-refractivity contribution in [2.75, 3.05) is 16.8 Å². The average Bonchev–Trinajstić information content (AvgIpc) is 3.39. The predicted molar refractivity (Wildman–Crippen MR) is 117 cm³/mol. The van der Waals surface area contributed by atoms with Gasteiger partial charge in [-0.25, -0.2) is 4.90 Å². The van der Waals surface area contributed by atoms with Gasteiger partial charge < -0.3 is 5.32 Å². The van der Waals surface area contributed by atoms with Crippen molar-refractivity contribution in [3.8, 4) is 0 Å². The van der Waals surface area contributed by atoms with Gasteiger partial charge in [-0.3, -0.25) is 19.3 Å². The Morgan fingerprint density at radius 2 is 1.68 bits per heavy atom. The number of anilines is 2. The molecule has 4 heterocycles. The Bertz CT molecular complexity index is 1180. The second kappa shape index (κ2) is 6.45. The van der Waals surface area contributed by atoms with Crippen LogP contribution in [0.2, 0.25) is 15.1 Å². The molecule has 3 saturated heterocycles. The monoisotopic (exact) mass is 475 g/mol. The summed E-state index contributed by atoms with van der Waals surface area (Å²) in [4.78, 5) is 44.2. The van der Waals surface area contributed by atoms with Crippen LogP contribution in [0.4, 0.5) is 11.4 Å². The molecular formula is C22H16Cl3N3O3. The van der Waals surface area contributed by atoms with E-state index in [1.54, 1.807) is 36.4 Å². The van der Waals surface area contributed by atoms with E-state index in [-0.39, 0.29) is 17.9 Å². The van der Waals surface area contributed by atoms with Crippen LogP contribution in [-0.4, -0.2) is 35.2 Å². The molecule has 0 aromatic heterocycles. The molecule has 158 valence electrons. The number of imide groups is 1. The van der Waals surface area contributed by atoms with Crippen molar-refractivity contribution in [2.24, 2.45) is 11.8 Å². The quantitative estimate of drug-likeness (QED) is 0.630. The highest BCUT2D eigenvalue weighted by Gasteiger charge is 2.74. The number of rotatable bonds is 1. The molecule has 0 unspecified atom stereocenters. The lowest BCUT2D eigenvalue weighted by atomic mass is 9.75. The predicted octanol–water partition coefficient (Wildman–Crippen LogP) is 4.08. The number of carbonyl (C=O) groups excluding carboxylic acids is 3. The van der Waals surface area contributed by atoms with Crippen LogP contribution < -0.4 is 10.2 Å². The summed E-state index contributed by atoms with van der Waals surface area (Å²) in [6.45, 7) is 0.639. The zero-order valence-corrected chi connectivity index (χ0v) is 18.3. The van der Waals surface area contributed by atoms with E-state index in [2.05, 4.69) is 10.2 Å². The third-order valence-corrected chi connectivity index (χ3v) is 7.73. The molecule has 4 aliphatic rings. The van der Waals surface area contributed by atoms with Gasteiger partial charge in [-0.2, -0.15) is 0 Å². The SMILES string of the molecule is O=C1[C@@H]2[C@H]3CCCN3[C@]3(C(=O)Nc4ccc(Cl)cc43)[C@@H]2C(=O)N1c1cc(Cl)cc(Cl)c1. The maximum absolute atomic E-state index is 13.8. The maximum Gasteiger partial charge on any atom is 0.250 e. The van der Waals surface area contributed by atoms with E-state index in [1.165, 1.54) is 0 Å². The Hall–Kier alpha value is -2.12. The van der Waals surface area contributed by atoms with Crippen LogP contribution in [0.25, 0.3) is 0 Å². The van der Waals surface area contributed by atoms with Gasteiger partial charge in [0.15, 0.2) is 0 Å². The van der Waals surface area contributed by atoms with E-state index in [1.807, 2.05) is 0 Å². The molecule has 31 heavy (non-hydrogen) atoms. The first-order valence-corrected chi connectivity index (χ1v) is 11.2. The van der Waals surface area contributed by atoms with Crippen LogP contribution in [-0.2, 0) is 19.9 Å². The molecule has 1 N–H and O–H groups in total. The van der Waals surface area contributed by atoms with Gasteiger partial charge in [0.1, 0.15) is 5.54 Å². The largest absolute Gasteiger partial charge is 0.324 e. The minimum absolute atomic E-state index is 0.197. The third-order valence-electron chi connectivity index (χ3n) is 7.06. The number of amides is 3. The van der Waals surface area contributed by atoms with E-state index in [9.17, 15) is 14.4 Å². The van der Waals surface area contributed by atoms with Crippen molar-refractivity contribution in [3.63, 3.8) is 0 Å². The lowest BCUT2D eigenvalue weighted by molar-refractivity contribution is -0.135. The summed E-state index contributed by atoms with van der Waals surface area (Å²) in [7, 11) is 0. The van der Waals surface area contributed by atoms with Gasteiger partial charge in [-0.15, -0.1) is 0 Å². The van der Waals surface area contributed by atoms with E-state index in [4.69, 9.17) is 34.8 Å². The lowest BCUT2D eigenvalue weighted by Crippen LogP contribution is -2.54. The minimum Gasteiger partial charge on any atom is -0.324 e. The zero-order valence-electron chi connectivity index (χ0n) is 16.1. The van der Waals surface area contributed by atoms with E-state index in [0.29, 0.717) is 38.6 Å². The number of fused-ring (bicyclic) bond motifs is 7. The van der Waals surface area contributed by atoms with E-state index >= 15 is 0 Å². The van der Waals surface area contributed by atoms with Crippen molar-refractivity contribution in [1.29, 1.82) is 0 Å². The Morgan fingerprint density at radius 3 is 2.42 bits per heavy atom. The van der Waals surface area contributed by atoms with Crippen molar-refractivity contribution in [3.05, 3.63) is 57.0 Å². The van der Waals surface area contributed by atoms with Crippen LogP contribution in [0.5, 0.6) is 0 Å². The van der Waals surface area contributed by atoms with Gasteiger partial charge in [0, 0.05) is 32.4 Å². The first kappa shape index (κ1) is 19.6. The highest BCUT2D eigenvalue weighted by atomic mass is 35.5. The molecule has 4 atom stereocenters. The molecule has 9 heteroatoms. The summed E-state index contributed by atoms with van der Waals surface area (Å²) < 4.78 is 0. The highest BCUT2D eigenvalue weighted by molar-refractivity contribution is 6.36. The topological polar surface area (TPSA) is 69.7 Å². The maximum atomic E-state index is 13.8. The fraction of sp³-hybridized carbons (Fsp3) is 0.318. The summed E-state index contributed by atoms with van der Waals surface area (Å²) in [6.07, 6.45) is 1.60. The van der Waals surface area contributed by atoms with Crippen LogP contribution in [0, 0.1) is 11.8 Å². The zero-order chi connectivity index (χ0) is 21.7. The molecule has 0 aliphatic carbocycles. The Kier molecular flexibility index (Phi) is 4.07. The number of hydrogen-bond donors (Lipinski definition) is 1. The Balaban J connectivity index is 1.57. The molecule has 3 amide bonds. The average molecular weight is 477 g/mol. The number of carbonyl (C=O) groups is 3. The molecule has 0 saturated carbocycles. The second-order valence-corrected chi connectivity index (χ2v) is 9.77. The standard InChI is InChI=1S/C22H16Cl3N3O3/c23-10-3-4-15-14(9-10)22(21(31)26-15)18-17(16-2-1-5-27(16)22)19(29)28(20(18)30)13-7-11(24)6-12(25)8-13/h3-4,6-9,16-18H,1-2,5H2,(H,26,31)/t16-,17-,18+,22+/m1/s1. The summed E-state index contributed by atoms with van der Waals surface area (Å²) in [5, 5.41) is 4.06. The first-order valence-electron chi connectivity index (χ1n) is 10.1. The van der Waals surface area contributed by atoms with Crippen molar-refractivity contribution in [2.45, 2.75) is 24.4 Å². The van der Waals surface area contributed by atoms with Gasteiger partial charge in [0.05, 0.1) is 17.5 Å². The summed E-state index contributed by atoms with van der Waals surface area (Å²) >= 11 is 18.6. The smallest absolute Gasteiger partial charge is 0.250 e. The van der Waals surface area contributed by atoms with Gasteiger partial charge in [-0.05, 0) is 55.8 Å². The Morgan fingerprint density at radius 1 is 0.935 bits per heavy atom. The van der Waals surface area contributed by atoms with E-state index < -0.39 is 23.3 Å². The normalized spacial score (nSPS) is 31.4. The van der Waals surface area contributed by atoms with Crippen LogP contribution in [0.3, 0.4) is 0 Å². The van der Waals surface area contributed by atoms with Crippen LogP contribution in [0.1, 0.15) is 18.4 Å². The number of halogens is 3. The van der Waals surface area contributed by atoms with E-state index in [0.717, 1.165) is 17.7 Å². The van der Waals surface area contributed by atoms with Crippen molar-refractivity contribution >= 4 is 63.9 Å². The molecule has 0 radical (unpaired) electrons. The van der Waals surface area contributed by atoms with Gasteiger partial charge in [0.2, 0.25) is 17.7 Å². The molecule has 3 fully saturated rings. The summed E-state index contributed by atoms with van der Waals surface area (Å²) in [5.41, 5.74) is 0.365. The summed E-state index contributed by atoms with van der Waals surface area (Å²) in [5.74, 6) is -2.47. The Labute approximate surface area is 193 Å². The number of benzene rings is 2. The molecule has 2 aromatic rings. The van der Waals surface area contributed by atoms with Crippen LogP contribution in [0.15, 0.2) is 36.4 Å². The number of nitrogens with zero attached hydrogens (tertiary/aromatic N) is 2. The molecular weight excluding hydrogens is 461 g/mol. The van der Waals surface area contributed by atoms with Crippen LogP contribution >= 0.6 is 34.8 Å². The van der Waals surface area contributed by atoms with Crippen molar-refractivity contribution in [1.82, 2.24) is 4.90 Å². The lowest BCUT2D eigenvalue weighted by Gasteiger charge is -2.36. The first-order chi connectivity index (χ1) is 14.8. The fourth-order valence-electron chi connectivity index (χ4n) is 6.10. The fourth-order valence-corrected chi connectivity index (χ4v) is 6.78. The summed E-state index contributed by atoms with van der Waals surface area (Å²) in [6, 6.07) is 9.63. The van der Waals surface area contributed by atoms with Crippen molar-refractivity contribution < 1.29 is 14.4 Å². The minimum atomic E-state index is -1.25. The van der Waals surface area contributed by atoms with Gasteiger partial charge in [0.25, 0.3) is 0 Å². The van der Waals surface area contributed by atoms with Gasteiger partial charge >= 0.3 is 0 Å². The molecule has 1 spiro atoms. The van der Waals surface area contributed by atoms with Gasteiger partial charge in [-0.1, -0.05) is 34.8 Å². The molecule has 6 nitrogen and oxygen atoms in total. The number of hydrogen-bond acceptors (Lipinski definition) is 4. The molecule has 6 rings (SSSR count).